The Labute approximate surface area is 183 Å². The van der Waals surface area contributed by atoms with Gasteiger partial charge in [-0.05, 0) is 36.2 Å². The maximum Gasteiger partial charge on any atom is 0.222 e. The van der Waals surface area contributed by atoms with Gasteiger partial charge in [0.2, 0.25) is 5.91 Å². The lowest BCUT2D eigenvalue weighted by molar-refractivity contribution is -0.121. The lowest BCUT2D eigenvalue weighted by Gasteiger charge is -2.38. The molecule has 0 saturated heterocycles. The number of amides is 1. The normalized spacial score (nSPS) is 15.0. The summed E-state index contributed by atoms with van der Waals surface area (Å²) in [6.07, 6.45) is 0.356. The Morgan fingerprint density at radius 2 is 1.87 bits per heavy atom. The van der Waals surface area contributed by atoms with Gasteiger partial charge in [-0.15, -0.1) is 0 Å². The van der Waals surface area contributed by atoms with E-state index in [0.717, 1.165) is 34.9 Å². The van der Waals surface area contributed by atoms with E-state index in [-0.39, 0.29) is 11.9 Å². The monoisotopic (exact) mass is 416 g/mol. The molecule has 0 radical (unpaired) electrons. The molecule has 3 aromatic rings. The summed E-state index contributed by atoms with van der Waals surface area (Å²) in [6, 6.07) is 24.2. The van der Waals surface area contributed by atoms with Crippen LogP contribution in [0.5, 0.6) is 11.5 Å². The van der Waals surface area contributed by atoms with Crippen molar-refractivity contribution in [3.63, 3.8) is 0 Å². The molecule has 1 heterocycles. The first-order chi connectivity index (χ1) is 15.1. The van der Waals surface area contributed by atoms with Crippen LogP contribution in [-0.4, -0.2) is 25.7 Å². The van der Waals surface area contributed by atoms with Crippen molar-refractivity contribution in [1.29, 1.82) is 0 Å². The lowest BCUT2D eigenvalue weighted by Crippen LogP contribution is -2.45. The number of carbonyl (C=O) groups is 1. The highest BCUT2D eigenvalue weighted by Gasteiger charge is 2.29. The molecule has 5 heteroatoms. The number of nitrogens with zero attached hydrogens (tertiary/aromatic N) is 1. The minimum absolute atomic E-state index is 0.00636. The number of carbonyl (C=O) groups excluding carboxylic acids is 1. The topological polar surface area (TPSA) is 50.8 Å². The number of benzene rings is 3. The number of methoxy groups -OCH3 is 1. The second-order valence-electron chi connectivity index (χ2n) is 7.84. The standard InChI is InChI=1S/C26H28N2O3/c1-19-12-13-23-25(14-19)31-18-22(28(23)17-20-8-4-3-5-9-20)15-26(29)27-16-21-10-6-7-11-24(21)30-2/h3-14,22H,15-18H2,1-2H3,(H,27,29)/t22-/m1/s1. The number of hydrogen-bond acceptors (Lipinski definition) is 4. The summed E-state index contributed by atoms with van der Waals surface area (Å²) < 4.78 is 11.4. The van der Waals surface area contributed by atoms with Crippen LogP contribution in [0.3, 0.4) is 0 Å². The number of fused-ring (bicyclic) bond motifs is 1. The largest absolute Gasteiger partial charge is 0.496 e. The molecule has 1 aliphatic rings. The first-order valence-corrected chi connectivity index (χ1v) is 10.6. The van der Waals surface area contributed by atoms with E-state index in [1.54, 1.807) is 7.11 Å². The van der Waals surface area contributed by atoms with E-state index >= 15 is 0 Å². The van der Waals surface area contributed by atoms with E-state index in [1.165, 1.54) is 5.56 Å². The van der Waals surface area contributed by atoms with Crippen LogP contribution in [0, 0.1) is 6.92 Å². The fourth-order valence-corrected chi connectivity index (χ4v) is 3.94. The molecular formula is C26H28N2O3. The number of rotatable bonds is 7. The van der Waals surface area contributed by atoms with Gasteiger partial charge in [0.05, 0.1) is 25.3 Å². The molecule has 0 unspecified atom stereocenters. The molecule has 5 nitrogen and oxygen atoms in total. The number of para-hydroxylation sites is 1. The number of nitrogens with one attached hydrogen (secondary N) is 1. The van der Waals surface area contributed by atoms with Crippen LogP contribution < -0.4 is 19.7 Å². The van der Waals surface area contributed by atoms with Crippen molar-refractivity contribution >= 4 is 11.6 Å². The Balaban J connectivity index is 1.49. The molecule has 1 N–H and O–H groups in total. The minimum atomic E-state index is -0.0481. The summed E-state index contributed by atoms with van der Waals surface area (Å²) in [5, 5.41) is 3.04. The van der Waals surface area contributed by atoms with Gasteiger partial charge in [-0.2, -0.15) is 0 Å². The van der Waals surface area contributed by atoms with Crippen molar-refractivity contribution in [2.45, 2.75) is 32.5 Å². The Morgan fingerprint density at radius 1 is 1.10 bits per heavy atom. The predicted molar refractivity (Wildman–Crippen MR) is 123 cm³/mol. The number of ether oxygens (including phenoxy) is 2. The van der Waals surface area contributed by atoms with E-state index in [1.807, 2.05) is 42.5 Å². The van der Waals surface area contributed by atoms with E-state index in [4.69, 9.17) is 9.47 Å². The molecule has 160 valence electrons. The maximum atomic E-state index is 12.8. The number of hydrogen-bond donors (Lipinski definition) is 1. The highest BCUT2D eigenvalue weighted by Crippen LogP contribution is 2.36. The van der Waals surface area contributed by atoms with Crippen molar-refractivity contribution in [2.75, 3.05) is 18.6 Å². The van der Waals surface area contributed by atoms with Gasteiger partial charge >= 0.3 is 0 Å². The Kier molecular flexibility index (Phi) is 6.41. The second-order valence-corrected chi connectivity index (χ2v) is 7.84. The molecule has 0 spiro atoms. The number of aryl methyl sites for hydroxylation is 1. The van der Waals surface area contributed by atoms with Gasteiger partial charge in [-0.1, -0.05) is 54.6 Å². The molecule has 0 aliphatic carbocycles. The van der Waals surface area contributed by atoms with Crippen LogP contribution in [0.2, 0.25) is 0 Å². The van der Waals surface area contributed by atoms with Crippen molar-refractivity contribution in [3.8, 4) is 11.5 Å². The van der Waals surface area contributed by atoms with Gasteiger partial charge in [-0.3, -0.25) is 4.79 Å². The third-order valence-electron chi connectivity index (χ3n) is 5.58. The first-order valence-electron chi connectivity index (χ1n) is 10.6. The third-order valence-corrected chi connectivity index (χ3v) is 5.58. The Bertz CT molecular complexity index is 1040. The molecule has 1 aliphatic heterocycles. The molecule has 0 aromatic heterocycles. The van der Waals surface area contributed by atoms with Crippen LogP contribution in [0.4, 0.5) is 5.69 Å². The lowest BCUT2D eigenvalue weighted by atomic mass is 10.0. The second kappa shape index (κ2) is 9.56. The summed E-state index contributed by atoms with van der Waals surface area (Å²) >= 11 is 0. The van der Waals surface area contributed by atoms with Gasteiger partial charge in [0.15, 0.2) is 0 Å². The zero-order valence-electron chi connectivity index (χ0n) is 18.0. The highest BCUT2D eigenvalue weighted by atomic mass is 16.5. The Hall–Kier alpha value is -3.47. The summed E-state index contributed by atoms with van der Waals surface area (Å²) in [7, 11) is 1.64. The third kappa shape index (κ3) is 5.00. The summed E-state index contributed by atoms with van der Waals surface area (Å²) in [6.45, 7) is 3.70. The molecule has 0 bridgehead atoms. The molecule has 0 saturated carbocycles. The van der Waals surface area contributed by atoms with Gasteiger partial charge in [0.1, 0.15) is 18.1 Å². The predicted octanol–water partition coefficient (Wildman–Crippen LogP) is 4.48. The van der Waals surface area contributed by atoms with Crippen LogP contribution in [0.15, 0.2) is 72.8 Å². The van der Waals surface area contributed by atoms with E-state index in [0.29, 0.717) is 19.6 Å². The van der Waals surface area contributed by atoms with E-state index in [9.17, 15) is 4.79 Å². The first kappa shape index (κ1) is 20.8. The average Bonchev–Trinajstić information content (AvgIpc) is 2.80. The summed E-state index contributed by atoms with van der Waals surface area (Å²) in [5.74, 6) is 1.65. The van der Waals surface area contributed by atoms with E-state index < -0.39 is 0 Å². The smallest absolute Gasteiger partial charge is 0.222 e. The zero-order valence-corrected chi connectivity index (χ0v) is 18.0. The molecule has 31 heavy (non-hydrogen) atoms. The van der Waals surface area contributed by atoms with Crippen molar-refractivity contribution in [1.82, 2.24) is 5.32 Å². The Morgan fingerprint density at radius 3 is 2.68 bits per heavy atom. The average molecular weight is 417 g/mol. The van der Waals surface area contributed by atoms with Crippen molar-refractivity contribution in [3.05, 3.63) is 89.5 Å². The maximum absolute atomic E-state index is 12.8. The molecule has 1 amide bonds. The molecule has 1 atom stereocenters. The minimum Gasteiger partial charge on any atom is -0.496 e. The SMILES string of the molecule is COc1ccccc1CNC(=O)C[C@@H]1COc2cc(C)ccc2N1Cc1ccccc1. The number of anilines is 1. The van der Waals surface area contributed by atoms with Gasteiger partial charge in [-0.25, -0.2) is 0 Å². The van der Waals surface area contributed by atoms with Gasteiger partial charge < -0.3 is 19.7 Å². The van der Waals surface area contributed by atoms with Crippen LogP contribution >= 0.6 is 0 Å². The molecular weight excluding hydrogens is 388 g/mol. The molecule has 3 aromatic carbocycles. The fraction of sp³-hybridized carbons (Fsp3) is 0.269. The molecule has 0 fully saturated rings. The van der Waals surface area contributed by atoms with Gasteiger partial charge in [0.25, 0.3) is 0 Å². The fourth-order valence-electron chi connectivity index (χ4n) is 3.94. The van der Waals surface area contributed by atoms with E-state index in [2.05, 4.69) is 47.5 Å². The van der Waals surface area contributed by atoms with Gasteiger partial charge in [0, 0.05) is 18.7 Å². The highest BCUT2D eigenvalue weighted by molar-refractivity contribution is 5.78. The van der Waals surface area contributed by atoms with Crippen LogP contribution in [-0.2, 0) is 17.9 Å². The van der Waals surface area contributed by atoms with Crippen molar-refractivity contribution in [2.24, 2.45) is 0 Å². The van der Waals surface area contributed by atoms with Crippen LogP contribution in [0.1, 0.15) is 23.1 Å². The quantitative estimate of drug-likeness (QED) is 0.617. The summed E-state index contributed by atoms with van der Waals surface area (Å²) in [5.41, 5.74) is 4.35. The summed E-state index contributed by atoms with van der Waals surface area (Å²) in [4.78, 5) is 15.1. The van der Waals surface area contributed by atoms with Crippen molar-refractivity contribution < 1.29 is 14.3 Å². The van der Waals surface area contributed by atoms with Crippen LogP contribution in [0.25, 0.3) is 0 Å². The molecule has 4 rings (SSSR count). The zero-order chi connectivity index (χ0) is 21.6.